The van der Waals surface area contributed by atoms with E-state index in [1.54, 1.807) is 0 Å². The topological polar surface area (TPSA) is 26.3 Å². The first-order valence-corrected chi connectivity index (χ1v) is 3.01. The Kier molecular flexibility index (Phi) is 1.86. The fourth-order valence-electron chi connectivity index (χ4n) is 0.848. The van der Waals surface area contributed by atoms with E-state index in [2.05, 4.69) is 4.74 Å². The maximum Gasteiger partial charge on any atom is 0.381 e. The SMILES string of the molecule is COC1=C(F)C(F)(F)C(F)(F)C1=O. The average Bonchev–Trinajstić information content (AvgIpc) is 2.13. The summed E-state index contributed by atoms with van der Waals surface area (Å²) in [4.78, 5) is 10.4. The molecular formula is C6H3F5O2. The number of rotatable bonds is 1. The highest BCUT2D eigenvalue weighted by Gasteiger charge is 2.72. The van der Waals surface area contributed by atoms with Gasteiger partial charge in [-0.25, -0.2) is 4.39 Å². The Labute approximate surface area is 69.0 Å². The molecule has 0 saturated carbocycles. The van der Waals surface area contributed by atoms with Crippen LogP contribution in [0.4, 0.5) is 22.0 Å². The molecule has 0 aliphatic heterocycles. The molecule has 0 atom stereocenters. The highest BCUT2D eigenvalue weighted by molar-refractivity contribution is 6.03. The number of carbonyl (C=O) groups excluding carboxylic acids is 1. The van der Waals surface area contributed by atoms with Crippen LogP contribution < -0.4 is 0 Å². The highest BCUT2D eigenvalue weighted by Crippen LogP contribution is 2.49. The lowest BCUT2D eigenvalue weighted by Gasteiger charge is -2.15. The molecule has 1 aliphatic rings. The van der Waals surface area contributed by atoms with Crippen molar-refractivity contribution in [1.82, 2.24) is 0 Å². The molecule has 0 saturated heterocycles. The van der Waals surface area contributed by atoms with Gasteiger partial charge in [-0.1, -0.05) is 0 Å². The first-order valence-electron chi connectivity index (χ1n) is 3.01. The molecule has 0 N–H and O–H groups in total. The third-order valence-corrected chi connectivity index (χ3v) is 1.56. The molecule has 0 amide bonds. The van der Waals surface area contributed by atoms with Gasteiger partial charge in [0.1, 0.15) is 0 Å². The van der Waals surface area contributed by atoms with Crippen molar-refractivity contribution in [2.45, 2.75) is 11.8 Å². The van der Waals surface area contributed by atoms with Gasteiger partial charge in [-0.15, -0.1) is 0 Å². The minimum Gasteiger partial charge on any atom is -0.490 e. The van der Waals surface area contributed by atoms with Crippen LogP contribution in [-0.4, -0.2) is 24.7 Å². The maximum atomic E-state index is 12.4. The van der Waals surface area contributed by atoms with Crippen molar-refractivity contribution in [2.24, 2.45) is 0 Å². The van der Waals surface area contributed by atoms with E-state index in [1.165, 1.54) is 0 Å². The van der Waals surface area contributed by atoms with Crippen LogP contribution in [-0.2, 0) is 9.53 Å². The van der Waals surface area contributed by atoms with Gasteiger partial charge in [0.05, 0.1) is 7.11 Å². The largest absolute Gasteiger partial charge is 0.490 e. The molecule has 0 bridgehead atoms. The van der Waals surface area contributed by atoms with E-state index < -0.39 is 29.2 Å². The Bertz CT molecular complexity index is 293. The van der Waals surface area contributed by atoms with Crippen LogP contribution in [0.15, 0.2) is 11.6 Å². The molecule has 0 unspecified atom stereocenters. The summed E-state index contributed by atoms with van der Waals surface area (Å²) < 4.78 is 65.5. The zero-order valence-corrected chi connectivity index (χ0v) is 6.21. The van der Waals surface area contributed by atoms with Gasteiger partial charge in [0, 0.05) is 0 Å². The average molecular weight is 202 g/mol. The van der Waals surface area contributed by atoms with Crippen molar-refractivity contribution in [2.75, 3.05) is 7.11 Å². The number of hydrogen-bond acceptors (Lipinski definition) is 2. The lowest BCUT2D eigenvalue weighted by atomic mass is 10.2. The van der Waals surface area contributed by atoms with E-state index in [-0.39, 0.29) is 0 Å². The Morgan fingerprint density at radius 3 is 1.77 bits per heavy atom. The molecule has 2 nitrogen and oxygen atoms in total. The summed E-state index contributed by atoms with van der Waals surface area (Å²) in [6.45, 7) is 0. The predicted molar refractivity (Wildman–Crippen MR) is 30.0 cm³/mol. The van der Waals surface area contributed by atoms with Crippen LogP contribution in [0, 0.1) is 0 Å². The van der Waals surface area contributed by atoms with Crippen LogP contribution in [0.5, 0.6) is 0 Å². The molecule has 0 radical (unpaired) electrons. The molecule has 0 spiro atoms. The van der Waals surface area contributed by atoms with Crippen LogP contribution >= 0.6 is 0 Å². The monoisotopic (exact) mass is 202 g/mol. The zero-order valence-electron chi connectivity index (χ0n) is 6.21. The van der Waals surface area contributed by atoms with Crippen LogP contribution in [0.25, 0.3) is 0 Å². The number of methoxy groups -OCH3 is 1. The summed E-state index contributed by atoms with van der Waals surface area (Å²) in [7, 11) is 0.657. The number of carbonyl (C=O) groups is 1. The Morgan fingerprint density at radius 1 is 1.15 bits per heavy atom. The lowest BCUT2D eigenvalue weighted by Crippen LogP contribution is -2.42. The molecule has 7 heteroatoms. The number of ketones is 1. The van der Waals surface area contributed by atoms with Crippen molar-refractivity contribution in [3.63, 3.8) is 0 Å². The molecule has 0 aromatic carbocycles. The molecule has 0 aromatic rings. The zero-order chi connectivity index (χ0) is 10.4. The van der Waals surface area contributed by atoms with Crippen LogP contribution in [0.2, 0.25) is 0 Å². The predicted octanol–water partition coefficient (Wildman–Crippen LogP) is 1.67. The first kappa shape index (κ1) is 9.94. The smallest absolute Gasteiger partial charge is 0.381 e. The number of alkyl halides is 4. The van der Waals surface area contributed by atoms with Crippen molar-refractivity contribution >= 4 is 5.78 Å². The highest BCUT2D eigenvalue weighted by atomic mass is 19.3. The quantitative estimate of drug-likeness (QED) is 0.604. The summed E-state index contributed by atoms with van der Waals surface area (Å²) >= 11 is 0. The second-order valence-corrected chi connectivity index (χ2v) is 2.33. The Morgan fingerprint density at radius 2 is 1.62 bits per heavy atom. The van der Waals surface area contributed by atoms with Gasteiger partial charge in [0.25, 0.3) is 5.78 Å². The van der Waals surface area contributed by atoms with Gasteiger partial charge in [-0.3, -0.25) is 4.79 Å². The van der Waals surface area contributed by atoms with E-state index in [0.717, 1.165) is 0 Å². The third-order valence-electron chi connectivity index (χ3n) is 1.56. The second kappa shape index (κ2) is 2.43. The molecule has 0 aromatic heterocycles. The summed E-state index contributed by atoms with van der Waals surface area (Å²) in [6, 6.07) is 0. The van der Waals surface area contributed by atoms with Crippen molar-refractivity contribution in [1.29, 1.82) is 0 Å². The lowest BCUT2D eigenvalue weighted by molar-refractivity contribution is -0.187. The van der Waals surface area contributed by atoms with E-state index in [0.29, 0.717) is 7.11 Å². The summed E-state index contributed by atoms with van der Waals surface area (Å²) in [6.07, 6.45) is 0. The number of allylic oxidation sites excluding steroid dienone is 2. The second-order valence-electron chi connectivity index (χ2n) is 2.33. The standard InChI is InChI=1S/C6H3F5O2/c1-13-2-3(7)5(8,9)6(10,11)4(2)12/h1H3. The fourth-order valence-corrected chi connectivity index (χ4v) is 0.848. The fraction of sp³-hybridized carbons (Fsp3) is 0.500. The Hall–Kier alpha value is -1.14. The summed E-state index contributed by atoms with van der Waals surface area (Å²) in [5, 5.41) is 0. The molecule has 74 valence electrons. The number of ether oxygens (including phenoxy) is 1. The van der Waals surface area contributed by atoms with E-state index in [9.17, 15) is 26.7 Å². The van der Waals surface area contributed by atoms with Crippen LogP contribution in [0.3, 0.4) is 0 Å². The third kappa shape index (κ3) is 0.956. The number of hydrogen-bond donors (Lipinski definition) is 0. The van der Waals surface area contributed by atoms with E-state index in [1.807, 2.05) is 0 Å². The van der Waals surface area contributed by atoms with Crippen molar-refractivity contribution < 1.29 is 31.5 Å². The summed E-state index contributed by atoms with van der Waals surface area (Å²) in [5.41, 5.74) is 0. The summed E-state index contributed by atoms with van der Waals surface area (Å²) in [5.74, 6) is -16.6. The van der Waals surface area contributed by atoms with Gasteiger partial charge >= 0.3 is 11.8 Å². The molecule has 0 fully saturated rings. The molecular weight excluding hydrogens is 199 g/mol. The Balaban J connectivity index is 3.30. The van der Waals surface area contributed by atoms with Crippen molar-refractivity contribution in [3.05, 3.63) is 11.6 Å². The van der Waals surface area contributed by atoms with E-state index in [4.69, 9.17) is 0 Å². The molecule has 0 heterocycles. The number of halogens is 5. The minimum atomic E-state index is -5.10. The van der Waals surface area contributed by atoms with Crippen LogP contribution in [0.1, 0.15) is 0 Å². The van der Waals surface area contributed by atoms with Gasteiger partial charge in [-0.05, 0) is 0 Å². The van der Waals surface area contributed by atoms with E-state index >= 15 is 0 Å². The molecule has 1 aliphatic carbocycles. The molecule has 13 heavy (non-hydrogen) atoms. The van der Waals surface area contributed by atoms with Gasteiger partial charge in [-0.2, -0.15) is 17.6 Å². The first-order chi connectivity index (χ1) is 5.76. The van der Waals surface area contributed by atoms with Crippen molar-refractivity contribution in [3.8, 4) is 0 Å². The van der Waals surface area contributed by atoms with Gasteiger partial charge < -0.3 is 4.74 Å². The van der Waals surface area contributed by atoms with Gasteiger partial charge in [0.2, 0.25) is 11.6 Å². The maximum absolute atomic E-state index is 12.4. The number of Topliss-reactive ketones (excluding diaryl/α,β-unsaturated/α-hetero) is 1. The van der Waals surface area contributed by atoms with Gasteiger partial charge in [0.15, 0.2) is 0 Å². The normalized spacial score (nSPS) is 25.2. The minimum absolute atomic E-state index is 0.657. The molecule has 1 rings (SSSR count).